The molecular weight excluding hydrogens is 296 g/mol. The van der Waals surface area contributed by atoms with Gasteiger partial charge in [-0.2, -0.15) is 0 Å². The van der Waals surface area contributed by atoms with Gasteiger partial charge in [0.1, 0.15) is 11.5 Å². The lowest BCUT2D eigenvalue weighted by molar-refractivity contribution is 0.0701. The van der Waals surface area contributed by atoms with E-state index >= 15 is 0 Å². The Morgan fingerprint density at radius 3 is 2.39 bits per heavy atom. The molecule has 0 fully saturated rings. The van der Waals surface area contributed by atoms with Crippen LogP contribution in [0.1, 0.15) is 26.5 Å². The SMILES string of the molecule is O=C(Oc1ccc(C(=O)c2ccccc2)c(O)c1)c1ccco1. The van der Waals surface area contributed by atoms with Crippen LogP contribution in [0.5, 0.6) is 11.5 Å². The lowest BCUT2D eigenvalue weighted by Gasteiger charge is -2.07. The van der Waals surface area contributed by atoms with Gasteiger partial charge in [-0.15, -0.1) is 0 Å². The van der Waals surface area contributed by atoms with Gasteiger partial charge in [-0.3, -0.25) is 4.79 Å². The smallest absolute Gasteiger partial charge is 0.379 e. The topological polar surface area (TPSA) is 76.7 Å². The minimum Gasteiger partial charge on any atom is -0.507 e. The van der Waals surface area contributed by atoms with E-state index in [0.29, 0.717) is 5.56 Å². The van der Waals surface area contributed by atoms with Gasteiger partial charge in [0.05, 0.1) is 11.8 Å². The van der Waals surface area contributed by atoms with E-state index in [9.17, 15) is 14.7 Å². The maximum atomic E-state index is 12.3. The highest BCUT2D eigenvalue weighted by atomic mass is 16.5. The molecule has 1 heterocycles. The van der Waals surface area contributed by atoms with Crippen LogP contribution < -0.4 is 4.74 Å². The van der Waals surface area contributed by atoms with Crippen LogP contribution in [-0.2, 0) is 0 Å². The van der Waals surface area contributed by atoms with E-state index in [0.717, 1.165) is 0 Å². The number of phenolic OH excluding ortho intramolecular Hbond substituents is 1. The van der Waals surface area contributed by atoms with Crippen molar-refractivity contribution in [2.45, 2.75) is 0 Å². The summed E-state index contributed by atoms with van der Waals surface area (Å²) in [7, 11) is 0. The number of phenols is 1. The number of hydrogen-bond donors (Lipinski definition) is 1. The van der Waals surface area contributed by atoms with Crippen molar-refractivity contribution in [3.63, 3.8) is 0 Å². The van der Waals surface area contributed by atoms with Gasteiger partial charge in [0, 0.05) is 11.6 Å². The van der Waals surface area contributed by atoms with Crippen molar-refractivity contribution in [1.82, 2.24) is 0 Å². The third kappa shape index (κ3) is 3.13. The molecule has 1 aromatic heterocycles. The molecule has 0 aliphatic carbocycles. The molecule has 0 aliphatic heterocycles. The molecule has 0 aliphatic rings. The van der Waals surface area contributed by atoms with E-state index in [1.165, 1.54) is 30.5 Å². The summed E-state index contributed by atoms with van der Waals surface area (Å²) in [5, 5.41) is 10.0. The van der Waals surface area contributed by atoms with E-state index in [2.05, 4.69) is 0 Å². The number of benzene rings is 2. The van der Waals surface area contributed by atoms with Crippen molar-refractivity contribution >= 4 is 11.8 Å². The zero-order chi connectivity index (χ0) is 16.2. The molecule has 0 unspecified atom stereocenters. The second-order valence-corrected chi connectivity index (χ2v) is 4.74. The molecule has 2 aromatic carbocycles. The van der Waals surface area contributed by atoms with Gasteiger partial charge in [-0.25, -0.2) is 4.79 Å². The molecule has 0 amide bonds. The second-order valence-electron chi connectivity index (χ2n) is 4.74. The number of ketones is 1. The van der Waals surface area contributed by atoms with E-state index in [1.54, 1.807) is 36.4 Å². The average molecular weight is 308 g/mol. The van der Waals surface area contributed by atoms with Gasteiger partial charge < -0.3 is 14.3 Å². The second kappa shape index (κ2) is 6.19. The molecule has 0 saturated heterocycles. The summed E-state index contributed by atoms with van der Waals surface area (Å²) in [5.41, 5.74) is 0.595. The van der Waals surface area contributed by atoms with Crippen LogP contribution in [0, 0.1) is 0 Å². The van der Waals surface area contributed by atoms with Crippen LogP contribution >= 0.6 is 0 Å². The van der Waals surface area contributed by atoms with Crippen molar-refractivity contribution in [2.75, 3.05) is 0 Å². The molecule has 1 N–H and O–H groups in total. The van der Waals surface area contributed by atoms with E-state index in [-0.39, 0.29) is 28.6 Å². The fourth-order valence-corrected chi connectivity index (χ4v) is 2.06. The third-order valence-electron chi connectivity index (χ3n) is 3.18. The summed E-state index contributed by atoms with van der Waals surface area (Å²) in [5.74, 6) is -1.09. The Hall–Kier alpha value is -3.34. The maximum absolute atomic E-state index is 12.3. The number of carbonyl (C=O) groups excluding carboxylic acids is 2. The lowest BCUT2D eigenvalue weighted by atomic mass is 10.0. The highest BCUT2D eigenvalue weighted by molar-refractivity contribution is 6.10. The van der Waals surface area contributed by atoms with Crippen LogP contribution in [0.2, 0.25) is 0 Å². The molecular formula is C18H12O5. The summed E-state index contributed by atoms with van der Waals surface area (Å²) in [6.07, 6.45) is 1.36. The quantitative estimate of drug-likeness (QED) is 0.454. The van der Waals surface area contributed by atoms with E-state index < -0.39 is 5.97 Å². The molecule has 0 spiro atoms. The number of aromatic hydroxyl groups is 1. The predicted molar refractivity (Wildman–Crippen MR) is 81.6 cm³/mol. The maximum Gasteiger partial charge on any atom is 0.379 e. The minimum atomic E-state index is -0.684. The van der Waals surface area contributed by atoms with Crippen LogP contribution in [0.4, 0.5) is 0 Å². The Bertz CT molecular complexity index is 835. The van der Waals surface area contributed by atoms with Crippen molar-refractivity contribution in [1.29, 1.82) is 0 Å². The monoisotopic (exact) mass is 308 g/mol. The van der Waals surface area contributed by atoms with Gasteiger partial charge in [-0.1, -0.05) is 30.3 Å². The van der Waals surface area contributed by atoms with Crippen LogP contribution in [-0.4, -0.2) is 16.9 Å². The number of ether oxygens (including phenoxy) is 1. The summed E-state index contributed by atoms with van der Waals surface area (Å²) in [6, 6.07) is 15.7. The predicted octanol–water partition coefficient (Wildman–Crippen LogP) is 3.44. The minimum absolute atomic E-state index is 0.0499. The van der Waals surface area contributed by atoms with Crippen molar-refractivity contribution in [2.24, 2.45) is 0 Å². The van der Waals surface area contributed by atoms with Crippen LogP contribution in [0.25, 0.3) is 0 Å². The Morgan fingerprint density at radius 1 is 0.957 bits per heavy atom. The average Bonchev–Trinajstić information content (AvgIpc) is 3.10. The Balaban J connectivity index is 1.81. The summed E-state index contributed by atoms with van der Waals surface area (Å²) in [6.45, 7) is 0. The molecule has 0 bridgehead atoms. The Morgan fingerprint density at radius 2 is 1.74 bits per heavy atom. The molecule has 23 heavy (non-hydrogen) atoms. The molecule has 0 saturated carbocycles. The van der Waals surface area contributed by atoms with Crippen molar-refractivity contribution in [3.8, 4) is 11.5 Å². The first-order chi connectivity index (χ1) is 11.1. The largest absolute Gasteiger partial charge is 0.507 e. The number of esters is 1. The van der Waals surface area contributed by atoms with Gasteiger partial charge in [-0.05, 0) is 24.3 Å². The Kier molecular flexibility index (Phi) is 3.93. The first-order valence-corrected chi connectivity index (χ1v) is 6.83. The molecule has 5 nitrogen and oxygen atoms in total. The van der Waals surface area contributed by atoms with Crippen molar-refractivity contribution in [3.05, 3.63) is 83.8 Å². The molecule has 3 rings (SSSR count). The highest BCUT2D eigenvalue weighted by Crippen LogP contribution is 2.26. The number of hydrogen-bond acceptors (Lipinski definition) is 5. The standard InChI is InChI=1S/C18H12O5/c19-15-11-13(23-18(21)16-7-4-10-22-16)8-9-14(15)17(20)12-5-2-1-3-6-12/h1-11,19H. The normalized spacial score (nSPS) is 10.3. The van der Waals surface area contributed by atoms with Gasteiger partial charge in [0.2, 0.25) is 5.76 Å². The third-order valence-corrected chi connectivity index (χ3v) is 3.18. The highest BCUT2D eigenvalue weighted by Gasteiger charge is 2.16. The molecule has 114 valence electrons. The zero-order valence-corrected chi connectivity index (χ0v) is 11.9. The number of furan rings is 1. The van der Waals surface area contributed by atoms with Crippen LogP contribution in [0.3, 0.4) is 0 Å². The Labute approximate surface area is 131 Å². The molecule has 3 aromatic rings. The number of rotatable bonds is 4. The van der Waals surface area contributed by atoms with Gasteiger partial charge in [0.25, 0.3) is 0 Å². The summed E-state index contributed by atoms with van der Waals surface area (Å²) >= 11 is 0. The van der Waals surface area contributed by atoms with Crippen LogP contribution in [0.15, 0.2) is 71.3 Å². The number of carbonyl (C=O) groups is 2. The first-order valence-electron chi connectivity index (χ1n) is 6.83. The first kappa shape index (κ1) is 14.6. The van der Waals surface area contributed by atoms with Gasteiger partial charge in [0.15, 0.2) is 5.78 Å². The fourth-order valence-electron chi connectivity index (χ4n) is 2.06. The fraction of sp³-hybridized carbons (Fsp3) is 0. The lowest BCUT2D eigenvalue weighted by Crippen LogP contribution is -2.08. The molecule has 0 radical (unpaired) electrons. The zero-order valence-electron chi connectivity index (χ0n) is 11.9. The molecule has 0 atom stereocenters. The molecule has 5 heteroatoms. The van der Waals surface area contributed by atoms with Crippen molar-refractivity contribution < 1.29 is 23.8 Å². The summed E-state index contributed by atoms with van der Waals surface area (Å²) in [4.78, 5) is 24.1. The van der Waals surface area contributed by atoms with Gasteiger partial charge >= 0.3 is 5.97 Å². The van der Waals surface area contributed by atoms with E-state index in [1.807, 2.05) is 0 Å². The van der Waals surface area contributed by atoms with E-state index in [4.69, 9.17) is 9.15 Å². The summed E-state index contributed by atoms with van der Waals surface area (Å²) < 4.78 is 10.0.